The van der Waals surface area contributed by atoms with Gasteiger partial charge in [0.15, 0.2) is 6.61 Å². The predicted octanol–water partition coefficient (Wildman–Crippen LogP) is 3.07. The van der Waals surface area contributed by atoms with Crippen LogP contribution in [-0.2, 0) is 13.0 Å². The molecule has 1 heterocycles. The number of nitrogens with zero attached hydrogens (tertiary/aromatic N) is 2. The molecule has 2 aromatic carbocycles. The number of aromatic nitrogens is 2. The maximum Gasteiger partial charge on any atom is 0.255 e. The van der Waals surface area contributed by atoms with E-state index in [1.54, 1.807) is 43.3 Å². The van der Waals surface area contributed by atoms with Crippen molar-refractivity contribution < 1.29 is 18.4 Å². The van der Waals surface area contributed by atoms with Crippen LogP contribution < -0.4 is 10.1 Å². The molecule has 7 heteroatoms. The lowest BCUT2D eigenvalue weighted by Crippen LogP contribution is -2.26. The summed E-state index contributed by atoms with van der Waals surface area (Å²) in [6.07, 6.45) is 0.608. The van der Waals surface area contributed by atoms with Crippen LogP contribution in [0.2, 0.25) is 0 Å². The molecule has 0 saturated carbocycles. The topological polar surface area (TPSA) is 77.2 Å². The van der Waals surface area contributed by atoms with E-state index in [-0.39, 0.29) is 18.3 Å². The molecular weight excluding hydrogens is 337 g/mol. The predicted molar refractivity (Wildman–Crippen MR) is 92.2 cm³/mol. The SMILES string of the molecule is Cc1nc(COc2ccccc2C(=O)NCCc2ccc(F)cc2)no1. The van der Waals surface area contributed by atoms with Gasteiger partial charge in [0.2, 0.25) is 11.7 Å². The summed E-state index contributed by atoms with van der Waals surface area (Å²) in [7, 11) is 0. The maximum atomic E-state index is 12.9. The normalized spacial score (nSPS) is 10.5. The van der Waals surface area contributed by atoms with Crippen LogP contribution in [0.5, 0.6) is 5.75 Å². The minimum Gasteiger partial charge on any atom is -0.485 e. The van der Waals surface area contributed by atoms with Gasteiger partial charge in [-0.05, 0) is 36.2 Å². The Balaban J connectivity index is 1.57. The third-order valence-corrected chi connectivity index (χ3v) is 3.67. The molecule has 0 radical (unpaired) electrons. The van der Waals surface area contributed by atoms with Crippen LogP contribution >= 0.6 is 0 Å². The van der Waals surface area contributed by atoms with Gasteiger partial charge in [0.25, 0.3) is 5.91 Å². The maximum absolute atomic E-state index is 12.9. The van der Waals surface area contributed by atoms with Gasteiger partial charge in [-0.15, -0.1) is 0 Å². The van der Waals surface area contributed by atoms with Gasteiger partial charge in [-0.3, -0.25) is 4.79 Å². The number of nitrogens with one attached hydrogen (secondary N) is 1. The van der Waals surface area contributed by atoms with Crippen molar-refractivity contribution in [2.75, 3.05) is 6.54 Å². The van der Waals surface area contributed by atoms with E-state index < -0.39 is 0 Å². The molecule has 3 aromatic rings. The minimum atomic E-state index is -0.277. The Morgan fingerprint density at radius 2 is 1.96 bits per heavy atom. The lowest BCUT2D eigenvalue weighted by Gasteiger charge is -2.10. The molecule has 1 aromatic heterocycles. The molecule has 0 aliphatic rings. The summed E-state index contributed by atoms with van der Waals surface area (Å²) in [5, 5.41) is 6.60. The van der Waals surface area contributed by atoms with Crippen molar-refractivity contribution in [1.29, 1.82) is 0 Å². The summed E-state index contributed by atoms with van der Waals surface area (Å²) in [5.41, 5.74) is 1.37. The van der Waals surface area contributed by atoms with E-state index in [9.17, 15) is 9.18 Å². The van der Waals surface area contributed by atoms with Gasteiger partial charge in [0.05, 0.1) is 5.56 Å². The van der Waals surface area contributed by atoms with Crippen LogP contribution in [-0.4, -0.2) is 22.6 Å². The van der Waals surface area contributed by atoms with E-state index in [2.05, 4.69) is 15.5 Å². The second kappa shape index (κ2) is 8.24. The van der Waals surface area contributed by atoms with Crippen molar-refractivity contribution in [2.45, 2.75) is 20.0 Å². The number of rotatable bonds is 7. The van der Waals surface area contributed by atoms with E-state index >= 15 is 0 Å². The average molecular weight is 355 g/mol. The van der Waals surface area contributed by atoms with Crippen molar-refractivity contribution in [3.05, 3.63) is 77.2 Å². The summed E-state index contributed by atoms with van der Waals surface area (Å²) < 4.78 is 23.4. The Hall–Kier alpha value is -3.22. The third kappa shape index (κ3) is 4.66. The van der Waals surface area contributed by atoms with E-state index in [4.69, 9.17) is 9.26 Å². The summed E-state index contributed by atoms with van der Waals surface area (Å²) >= 11 is 0. The Morgan fingerprint density at radius 3 is 2.69 bits per heavy atom. The highest BCUT2D eigenvalue weighted by atomic mass is 19.1. The van der Waals surface area contributed by atoms with Crippen molar-refractivity contribution >= 4 is 5.91 Å². The molecule has 0 spiro atoms. The minimum absolute atomic E-state index is 0.108. The summed E-state index contributed by atoms with van der Waals surface area (Å²) in [5.74, 6) is 0.784. The molecule has 6 nitrogen and oxygen atoms in total. The van der Waals surface area contributed by atoms with E-state index in [0.717, 1.165) is 5.56 Å². The average Bonchev–Trinajstić information content (AvgIpc) is 3.07. The molecule has 3 rings (SSSR count). The van der Waals surface area contributed by atoms with Crippen LogP contribution in [0.4, 0.5) is 4.39 Å². The molecule has 0 aliphatic heterocycles. The number of hydrogen-bond acceptors (Lipinski definition) is 5. The molecule has 1 amide bonds. The quantitative estimate of drug-likeness (QED) is 0.705. The Morgan fingerprint density at radius 1 is 1.19 bits per heavy atom. The van der Waals surface area contributed by atoms with Crippen molar-refractivity contribution in [3.8, 4) is 5.75 Å². The first kappa shape index (κ1) is 17.6. The summed E-state index contributed by atoms with van der Waals surface area (Å²) in [4.78, 5) is 16.5. The zero-order valence-electron chi connectivity index (χ0n) is 14.2. The lowest BCUT2D eigenvalue weighted by atomic mass is 10.1. The first-order valence-corrected chi connectivity index (χ1v) is 8.15. The lowest BCUT2D eigenvalue weighted by molar-refractivity contribution is 0.0949. The number of benzene rings is 2. The first-order chi connectivity index (χ1) is 12.6. The molecule has 134 valence electrons. The fourth-order valence-corrected chi connectivity index (χ4v) is 2.39. The Bertz CT molecular complexity index is 878. The number of aryl methyl sites for hydroxylation is 1. The van der Waals surface area contributed by atoms with E-state index in [1.165, 1.54) is 12.1 Å². The monoisotopic (exact) mass is 355 g/mol. The molecule has 0 fully saturated rings. The number of halogens is 1. The largest absolute Gasteiger partial charge is 0.485 e. The van der Waals surface area contributed by atoms with Crippen LogP contribution in [0.15, 0.2) is 53.1 Å². The first-order valence-electron chi connectivity index (χ1n) is 8.15. The van der Waals surface area contributed by atoms with Crippen LogP contribution in [0, 0.1) is 12.7 Å². The van der Waals surface area contributed by atoms with Crippen molar-refractivity contribution in [3.63, 3.8) is 0 Å². The van der Waals surface area contributed by atoms with Crippen LogP contribution in [0.3, 0.4) is 0 Å². The Labute approximate surface area is 150 Å². The number of hydrogen-bond donors (Lipinski definition) is 1. The molecule has 0 bridgehead atoms. The summed E-state index contributed by atoms with van der Waals surface area (Å²) in [6.45, 7) is 2.24. The highest BCUT2D eigenvalue weighted by Gasteiger charge is 2.13. The second-order valence-corrected chi connectivity index (χ2v) is 5.65. The van der Waals surface area contributed by atoms with Gasteiger partial charge in [-0.2, -0.15) is 4.98 Å². The van der Waals surface area contributed by atoms with Gasteiger partial charge in [0, 0.05) is 13.5 Å². The molecule has 0 aliphatic carbocycles. The standard InChI is InChI=1S/C19H18FN3O3/c1-13-22-18(23-26-13)12-25-17-5-3-2-4-16(17)19(24)21-11-10-14-6-8-15(20)9-7-14/h2-9H,10-12H2,1H3,(H,21,24). The molecule has 26 heavy (non-hydrogen) atoms. The van der Waals surface area contributed by atoms with Crippen molar-refractivity contribution in [2.24, 2.45) is 0 Å². The molecule has 0 atom stereocenters. The number of amides is 1. The van der Waals surface area contributed by atoms with Gasteiger partial charge in [0.1, 0.15) is 11.6 Å². The van der Waals surface area contributed by atoms with Crippen LogP contribution in [0.1, 0.15) is 27.6 Å². The second-order valence-electron chi connectivity index (χ2n) is 5.65. The van der Waals surface area contributed by atoms with Gasteiger partial charge < -0.3 is 14.6 Å². The smallest absolute Gasteiger partial charge is 0.255 e. The van der Waals surface area contributed by atoms with E-state index in [1.807, 2.05) is 0 Å². The van der Waals surface area contributed by atoms with Crippen molar-refractivity contribution in [1.82, 2.24) is 15.5 Å². The zero-order valence-corrected chi connectivity index (χ0v) is 14.2. The fraction of sp³-hybridized carbons (Fsp3) is 0.211. The number of carbonyl (C=O) groups is 1. The van der Waals surface area contributed by atoms with Gasteiger partial charge >= 0.3 is 0 Å². The number of para-hydroxylation sites is 1. The summed E-state index contributed by atoms with van der Waals surface area (Å²) in [6, 6.07) is 13.1. The molecular formula is C19H18FN3O3. The molecule has 0 unspecified atom stereocenters. The number of ether oxygens (including phenoxy) is 1. The third-order valence-electron chi connectivity index (χ3n) is 3.67. The zero-order chi connectivity index (χ0) is 18.4. The van der Waals surface area contributed by atoms with Gasteiger partial charge in [-0.1, -0.05) is 29.4 Å². The highest BCUT2D eigenvalue weighted by Crippen LogP contribution is 2.19. The Kier molecular flexibility index (Phi) is 5.58. The number of carbonyl (C=O) groups excluding carboxylic acids is 1. The van der Waals surface area contributed by atoms with Gasteiger partial charge in [-0.25, -0.2) is 4.39 Å². The van der Waals surface area contributed by atoms with E-state index in [0.29, 0.717) is 36.0 Å². The molecule has 1 N–H and O–H groups in total. The molecule has 0 saturated heterocycles. The fourth-order valence-electron chi connectivity index (χ4n) is 2.39. The van der Waals surface area contributed by atoms with Crippen LogP contribution in [0.25, 0.3) is 0 Å². The highest BCUT2D eigenvalue weighted by molar-refractivity contribution is 5.96.